The number of amides is 1. The SMILES string of the molecule is Cc1ccc(NC(=O)[C@H](C)OC(=O)CSc2nccn2-c2cccc(F)c2)cc1. The zero-order valence-electron chi connectivity index (χ0n) is 16.0. The zero-order chi connectivity index (χ0) is 20.8. The molecule has 0 aliphatic carbocycles. The van der Waals surface area contributed by atoms with Crippen LogP contribution < -0.4 is 5.32 Å². The van der Waals surface area contributed by atoms with Gasteiger partial charge in [-0.3, -0.25) is 14.2 Å². The third-order valence-electron chi connectivity index (χ3n) is 4.01. The summed E-state index contributed by atoms with van der Waals surface area (Å²) in [5.74, 6) is -1.35. The molecule has 1 atom stereocenters. The fourth-order valence-electron chi connectivity index (χ4n) is 2.51. The van der Waals surface area contributed by atoms with Gasteiger partial charge >= 0.3 is 5.97 Å². The van der Waals surface area contributed by atoms with Gasteiger partial charge in [-0.05, 0) is 44.2 Å². The van der Waals surface area contributed by atoms with Crippen LogP contribution in [0.15, 0.2) is 66.1 Å². The number of aromatic nitrogens is 2. The molecule has 0 aliphatic rings. The standard InChI is InChI=1S/C21H20FN3O3S/c1-14-6-8-17(9-7-14)24-20(27)15(2)28-19(26)13-29-21-23-10-11-25(21)18-5-3-4-16(22)12-18/h3-12,15H,13H2,1-2H3,(H,24,27)/t15-/m0/s1. The maximum atomic E-state index is 13.4. The Balaban J connectivity index is 1.53. The van der Waals surface area contributed by atoms with Gasteiger partial charge in [0, 0.05) is 18.1 Å². The van der Waals surface area contributed by atoms with Gasteiger partial charge in [-0.1, -0.05) is 35.5 Å². The number of anilines is 1. The van der Waals surface area contributed by atoms with Crippen LogP contribution in [-0.2, 0) is 14.3 Å². The molecule has 0 radical (unpaired) electrons. The van der Waals surface area contributed by atoms with Gasteiger partial charge in [-0.2, -0.15) is 0 Å². The molecule has 0 saturated heterocycles. The minimum absolute atomic E-state index is 0.0333. The second kappa shape index (κ2) is 9.38. The largest absolute Gasteiger partial charge is 0.452 e. The number of carbonyl (C=O) groups is 2. The van der Waals surface area contributed by atoms with E-state index in [9.17, 15) is 14.0 Å². The average molecular weight is 413 g/mol. The van der Waals surface area contributed by atoms with Crippen LogP contribution in [0.2, 0.25) is 0 Å². The fraction of sp³-hybridized carbons (Fsp3) is 0.190. The van der Waals surface area contributed by atoms with E-state index >= 15 is 0 Å². The maximum absolute atomic E-state index is 13.4. The molecule has 1 aromatic heterocycles. The number of hydrogen-bond acceptors (Lipinski definition) is 5. The lowest BCUT2D eigenvalue weighted by atomic mass is 10.2. The molecule has 3 rings (SSSR count). The van der Waals surface area contributed by atoms with Crippen molar-refractivity contribution in [2.45, 2.75) is 25.1 Å². The summed E-state index contributed by atoms with van der Waals surface area (Å²) in [6.45, 7) is 3.47. The monoisotopic (exact) mass is 413 g/mol. The predicted octanol–water partition coefficient (Wildman–Crippen LogP) is 3.98. The highest BCUT2D eigenvalue weighted by atomic mass is 32.2. The average Bonchev–Trinajstić information content (AvgIpc) is 3.17. The summed E-state index contributed by atoms with van der Waals surface area (Å²) < 4.78 is 20.3. The van der Waals surface area contributed by atoms with Gasteiger partial charge in [-0.25, -0.2) is 9.37 Å². The lowest BCUT2D eigenvalue weighted by molar-refractivity contribution is -0.150. The summed E-state index contributed by atoms with van der Waals surface area (Å²) in [5, 5.41) is 3.22. The minimum Gasteiger partial charge on any atom is -0.452 e. The number of thioether (sulfide) groups is 1. The zero-order valence-corrected chi connectivity index (χ0v) is 16.8. The number of esters is 1. The Morgan fingerprint density at radius 2 is 2.00 bits per heavy atom. The Kier molecular flexibility index (Phi) is 6.66. The van der Waals surface area contributed by atoms with Crippen molar-refractivity contribution < 1.29 is 18.7 Å². The number of aryl methyl sites for hydroxylation is 1. The van der Waals surface area contributed by atoms with Gasteiger partial charge in [0.15, 0.2) is 11.3 Å². The molecule has 0 unspecified atom stereocenters. The molecule has 0 aliphatic heterocycles. The summed E-state index contributed by atoms with van der Waals surface area (Å²) in [6.07, 6.45) is 2.31. The van der Waals surface area contributed by atoms with Crippen LogP contribution in [0.3, 0.4) is 0 Å². The highest BCUT2D eigenvalue weighted by Crippen LogP contribution is 2.21. The smallest absolute Gasteiger partial charge is 0.317 e. The van der Waals surface area contributed by atoms with Gasteiger partial charge in [0.1, 0.15) is 5.82 Å². The van der Waals surface area contributed by atoms with Crippen LogP contribution in [0.1, 0.15) is 12.5 Å². The molecule has 0 fully saturated rings. The van der Waals surface area contributed by atoms with E-state index in [4.69, 9.17) is 4.74 Å². The molecule has 0 saturated carbocycles. The Bertz CT molecular complexity index is 1000. The molecule has 8 heteroatoms. The van der Waals surface area contributed by atoms with Crippen molar-refractivity contribution >= 4 is 29.3 Å². The molecule has 0 spiro atoms. The molecule has 1 amide bonds. The van der Waals surface area contributed by atoms with Crippen LogP contribution in [0.5, 0.6) is 0 Å². The topological polar surface area (TPSA) is 73.2 Å². The number of rotatable bonds is 7. The van der Waals surface area contributed by atoms with Crippen molar-refractivity contribution in [1.82, 2.24) is 9.55 Å². The summed E-state index contributed by atoms with van der Waals surface area (Å²) in [4.78, 5) is 28.5. The van der Waals surface area contributed by atoms with Crippen molar-refractivity contribution in [3.05, 3.63) is 72.3 Å². The first-order valence-corrected chi connectivity index (χ1v) is 9.90. The van der Waals surface area contributed by atoms with Gasteiger partial charge in [0.05, 0.1) is 11.4 Å². The summed E-state index contributed by atoms with van der Waals surface area (Å²) in [7, 11) is 0. The Hall–Kier alpha value is -3.13. The molecule has 3 aromatic rings. The molecule has 29 heavy (non-hydrogen) atoms. The third-order valence-corrected chi connectivity index (χ3v) is 4.95. The number of benzene rings is 2. The van der Waals surface area contributed by atoms with Crippen LogP contribution in [-0.4, -0.2) is 33.3 Å². The van der Waals surface area contributed by atoms with E-state index < -0.39 is 18.0 Å². The van der Waals surface area contributed by atoms with Gasteiger partial charge in [0.25, 0.3) is 5.91 Å². The number of nitrogens with one attached hydrogen (secondary N) is 1. The van der Waals surface area contributed by atoms with Crippen LogP contribution in [0.25, 0.3) is 5.69 Å². The van der Waals surface area contributed by atoms with E-state index in [0.29, 0.717) is 16.5 Å². The second-order valence-electron chi connectivity index (χ2n) is 6.34. The first-order chi connectivity index (χ1) is 13.9. The number of nitrogens with zero attached hydrogens (tertiary/aromatic N) is 2. The normalized spacial score (nSPS) is 11.7. The van der Waals surface area contributed by atoms with E-state index in [1.165, 1.54) is 19.1 Å². The van der Waals surface area contributed by atoms with Gasteiger partial charge in [0.2, 0.25) is 0 Å². The molecule has 1 heterocycles. The van der Waals surface area contributed by atoms with Crippen molar-refractivity contribution in [3.63, 3.8) is 0 Å². The van der Waals surface area contributed by atoms with Crippen molar-refractivity contribution in [3.8, 4) is 5.69 Å². The van der Waals surface area contributed by atoms with E-state index in [2.05, 4.69) is 10.3 Å². The van der Waals surface area contributed by atoms with E-state index in [1.807, 2.05) is 19.1 Å². The third kappa shape index (κ3) is 5.68. The van der Waals surface area contributed by atoms with Crippen LogP contribution in [0, 0.1) is 12.7 Å². The molecule has 0 bridgehead atoms. The first kappa shape index (κ1) is 20.6. The number of halogens is 1. The second-order valence-corrected chi connectivity index (χ2v) is 7.28. The number of ether oxygens (including phenoxy) is 1. The van der Waals surface area contributed by atoms with E-state index in [1.54, 1.807) is 41.2 Å². The highest BCUT2D eigenvalue weighted by Gasteiger charge is 2.19. The van der Waals surface area contributed by atoms with Crippen molar-refractivity contribution in [2.24, 2.45) is 0 Å². The molecular formula is C21H20FN3O3S. The Morgan fingerprint density at radius 1 is 1.24 bits per heavy atom. The summed E-state index contributed by atoms with van der Waals surface area (Å²) in [5.41, 5.74) is 2.32. The first-order valence-electron chi connectivity index (χ1n) is 8.91. The molecular weight excluding hydrogens is 393 g/mol. The quantitative estimate of drug-likeness (QED) is 0.468. The molecule has 1 N–H and O–H groups in total. The lowest BCUT2D eigenvalue weighted by Gasteiger charge is -2.14. The summed E-state index contributed by atoms with van der Waals surface area (Å²) >= 11 is 1.14. The lowest BCUT2D eigenvalue weighted by Crippen LogP contribution is -2.30. The number of hydrogen-bond donors (Lipinski definition) is 1. The van der Waals surface area contributed by atoms with Gasteiger partial charge in [-0.15, -0.1) is 0 Å². The molecule has 150 valence electrons. The number of imidazole rings is 1. The summed E-state index contributed by atoms with van der Waals surface area (Å²) in [6, 6.07) is 13.4. The fourth-order valence-corrected chi connectivity index (χ4v) is 3.26. The van der Waals surface area contributed by atoms with Gasteiger partial charge < -0.3 is 10.1 Å². The Labute approximate surface area is 172 Å². The number of carbonyl (C=O) groups excluding carboxylic acids is 2. The highest BCUT2D eigenvalue weighted by molar-refractivity contribution is 7.99. The predicted molar refractivity (Wildman–Crippen MR) is 110 cm³/mol. The minimum atomic E-state index is -0.938. The molecule has 2 aromatic carbocycles. The van der Waals surface area contributed by atoms with Crippen molar-refractivity contribution in [2.75, 3.05) is 11.1 Å². The molecule has 6 nitrogen and oxygen atoms in total. The van der Waals surface area contributed by atoms with Crippen molar-refractivity contribution in [1.29, 1.82) is 0 Å². The van der Waals surface area contributed by atoms with E-state index in [0.717, 1.165) is 17.3 Å². The van der Waals surface area contributed by atoms with E-state index in [-0.39, 0.29) is 11.6 Å². The Morgan fingerprint density at radius 3 is 2.72 bits per heavy atom. The van der Waals surface area contributed by atoms with Crippen LogP contribution >= 0.6 is 11.8 Å². The van der Waals surface area contributed by atoms with Crippen LogP contribution in [0.4, 0.5) is 10.1 Å². The maximum Gasteiger partial charge on any atom is 0.317 e.